The number of carbonyl (C=O) groups is 1. The van der Waals surface area contributed by atoms with E-state index in [9.17, 15) is 4.79 Å². The van der Waals surface area contributed by atoms with Crippen LogP contribution in [0.2, 0.25) is 0 Å². The first kappa shape index (κ1) is 21.2. The quantitative estimate of drug-likeness (QED) is 0.509. The van der Waals surface area contributed by atoms with E-state index in [1.165, 1.54) is 0 Å². The maximum Gasteiger partial charge on any atom is 0.196 e. The van der Waals surface area contributed by atoms with E-state index in [-0.39, 0.29) is 5.78 Å². The summed E-state index contributed by atoms with van der Waals surface area (Å²) in [5.74, 6) is 1.39. The number of nitrogen functional groups attached to an aromatic ring is 1. The number of anilines is 1. The summed E-state index contributed by atoms with van der Waals surface area (Å²) in [5, 5.41) is 0. The fourth-order valence-corrected chi connectivity index (χ4v) is 4.01. The van der Waals surface area contributed by atoms with E-state index in [1.54, 1.807) is 0 Å². The fourth-order valence-electron chi connectivity index (χ4n) is 4.01. The van der Waals surface area contributed by atoms with Gasteiger partial charge in [0.25, 0.3) is 0 Å². The Morgan fingerprint density at radius 2 is 1.72 bits per heavy atom. The molecule has 5 nitrogen and oxygen atoms in total. The normalized spacial score (nSPS) is 12.2. The number of likely N-dealkylation sites (N-methyl/N-ethyl adjacent to an activating group) is 1. The van der Waals surface area contributed by atoms with Crippen molar-refractivity contribution in [3.05, 3.63) is 41.0 Å². The Morgan fingerprint density at radius 1 is 0.966 bits per heavy atom. The molecule has 0 fully saturated rings. The number of carbonyl (C=O) groups excluding carboxylic acids is 1. The molecule has 156 valence electrons. The van der Waals surface area contributed by atoms with Gasteiger partial charge in [0.2, 0.25) is 0 Å². The molecule has 0 saturated heterocycles. The molecule has 3 rings (SSSR count). The molecular weight excluding hydrogens is 364 g/mol. The van der Waals surface area contributed by atoms with Gasteiger partial charge >= 0.3 is 0 Å². The Hall–Kier alpha value is -2.53. The van der Waals surface area contributed by atoms with Gasteiger partial charge in [0.1, 0.15) is 18.1 Å². The molecule has 29 heavy (non-hydrogen) atoms. The molecule has 5 heteroatoms. The van der Waals surface area contributed by atoms with E-state index in [0.29, 0.717) is 41.5 Å². The van der Waals surface area contributed by atoms with Gasteiger partial charge in [-0.15, -0.1) is 0 Å². The third-order valence-corrected chi connectivity index (χ3v) is 5.54. The number of ether oxygens (including phenoxy) is 2. The summed E-state index contributed by atoms with van der Waals surface area (Å²) in [6.07, 6.45) is 1.77. The van der Waals surface area contributed by atoms with E-state index in [4.69, 9.17) is 15.2 Å². The van der Waals surface area contributed by atoms with Crippen LogP contribution >= 0.6 is 0 Å². The van der Waals surface area contributed by atoms with Crippen molar-refractivity contribution in [1.82, 2.24) is 4.90 Å². The second kappa shape index (κ2) is 9.31. The molecule has 0 aliphatic heterocycles. The second-order valence-electron chi connectivity index (χ2n) is 7.26. The molecule has 0 spiro atoms. The van der Waals surface area contributed by atoms with Gasteiger partial charge in [-0.05, 0) is 44.1 Å². The molecule has 0 aromatic heterocycles. The summed E-state index contributed by atoms with van der Waals surface area (Å²) in [6.45, 7) is 12.2. The van der Waals surface area contributed by atoms with Crippen LogP contribution in [0, 0.1) is 0 Å². The van der Waals surface area contributed by atoms with Gasteiger partial charge in [0, 0.05) is 28.9 Å². The average molecular weight is 397 g/mol. The number of aryl methyl sites for hydroxylation is 1. The van der Waals surface area contributed by atoms with Crippen LogP contribution in [0.1, 0.15) is 55.6 Å². The number of hydrogen-bond acceptors (Lipinski definition) is 5. The third kappa shape index (κ3) is 3.97. The molecule has 0 bridgehead atoms. The zero-order valence-electron chi connectivity index (χ0n) is 18.0. The molecule has 1 aliphatic rings. The van der Waals surface area contributed by atoms with Crippen LogP contribution < -0.4 is 15.2 Å². The lowest BCUT2D eigenvalue weighted by atomic mass is 9.97. The molecule has 2 N–H and O–H groups in total. The van der Waals surface area contributed by atoms with Crippen molar-refractivity contribution in [1.29, 1.82) is 0 Å². The molecule has 0 heterocycles. The van der Waals surface area contributed by atoms with E-state index in [2.05, 4.69) is 25.7 Å². The van der Waals surface area contributed by atoms with Gasteiger partial charge in [-0.25, -0.2) is 0 Å². The van der Waals surface area contributed by atoms with Gasteiger partial charge in [0.05, 0.1) is 12.2 Å². The molecule has 0 saturated carbocycles. The topological polar surface area (TPSA) is 64.8 Å². The van der Waals surface area contributed by atoms with Gasteiger partial charge in [0.15, 0.2) is 5.78 Å². The SMILES string of the molecule is CCCc1cc(OCC)c2c(c1N)C(=O)c1cccc(OCCN(CC)CC)c1-2. The maximum atomic E-state index is 13.2. The van der Waals surface area contributed by atoms with E-state index in [1.807, 2.05) is 31.2 Å². The number of hydrogen-bond donors (Lipinski definition) is 1. The average Bonchev–Trinajstić information content (AvgIpc) is 3.03. The van der Waals surface area contributed by atoms with Crippen LogP contribution in [0.3, 0.4) is 0 Å². The van der Waals surface area contributed by atoms with Crippen molar-refractivity contribution >= 4 is 11.5 Å². The molecular formula is C24H32N2O3. The zero-order valence-corrected chi connectivity index (χ0v) is 18.0. The summed E-state index contributed by atoms with van der Waals surface area (Å²) in [4.78, 5) is 15.6. The number of nitrogens with zero attached hydrogens (tertiary/aromatic N) is 1. The predicted octanol–water partition coefficient (Wildman–Crippen LogP) is 4.55. The first-order valence-electron chi connectivity index (χ1n) is 10.7. The number of rotatable bonds is 10. The standard InChI is InChI=1S/C24H32N2O3/c1-5-10-16-15-19(28-8-4)21-20-17(24(27)22(21)23(16)25)11-9-12-18(20)29-14-13-26(6-2)7-3/h9,11-12,15H,5-8,10,13-14,25H2,1-4H3. The Kier molecular flexibility index (Phi) is 6.80. The van der Waals surface area contributed by atoms with Crippen molar-refractivity contribution in [2.45, 2.75) is 40.5 Å². The molecule has 0 unspecified atom stereocenters. The number of fused-ring (bicyclic) bond motifs is 3. The van der Waals surface area contributed by atoms with Gasteiger partial charge in [-0.1, -0.05) is 39.3 Å². The third-order valence-electron chi connectivity index (χ3n) is 5.54. The molecule has 2 aromatic carbocycles. The minimum Gasteiger partial charge on any atom is -0.493 e. The smallest absolute Gasteiger partial charge is 0.196 e. The first-order valence-corrected chi connectivity index (χ1v) is 10.7. The summed E-state index contributed by atoms with van der Waals surface area (Å²) in [6, 6.07) is 7.65. The van der Waals surface area contributed by atoms with Crippen molar-refractivity contribution < 1.29 is 14.3 Å². The van der Waals surface area contributed by atoms with Crippen LogP contribution in [0.15, 0.2) is 24.3 Å². The highest BCUT2D eigenvalue weighted by molar-refractivity contribution is 6.26. The largest absolute Gasteiger partial charge is 0.493 e. The van der Waals surface area contributed by atoms with E-state index >= 15 is 0 Å². The first-order chi connectivity index (χ1) is 14.1. The Balaban J connectivity index is 2.06. The van der Waals surface area contributed by atoms with Gasteiger partial charge < -0.3 is 20.1 Å². The summed E-state index contributed by atoms with van der Waals surface area (Å²) in [7, 11) is 0. The Morgan fingerprint density at radius 3 is 2.38 bits per heavy atom. The number of benzene rings is 2. The Labute approximate surface area is 173 Å². The second-order valence-corrected chi connectivity index (χ2v) is 7.26. The highest BCUT2D eigenvalue weighted by Gasteiger charge is 2.35. The van der Waals surface area contributed by atoms with E-state index < -0.39 is 0 Å². The van der Waals surface area contributed by atoms with Crippen molar-refractivity contribution in [2.75, 3.05) is 38.6 Å². The summed E-state index contributed by atoms with van der Waals surface area (Å²) >= 11 is 0. The Bertz CT molecular complexity index is 888. The molecule has 1 aliphatic carbocycles. The van der Waals surface area contributed by atoms with Crippen LogP contribution in [0.25, 0.3) is 11.1 Å². The monoisotopic (exact) mass is 396 g/mol. The minimum absolute atomic E-state index is 0.0411. The van der Waals surface area contributed by atoms with Gasteiger partial charge in [-0.3, -0.25) is 4.79 Å². The molecule has 0 amide bonds. The van der Waals surface area contributed by atoms with Crippen molar-refractivity contribution in [3.63, 3.8) is 0 Å². The summed E-state index contributed by atoms with van der Waals surface area (Å²) < 4.78 is 12.1. The molecule has 2 aromatic rings. The lowest BCUT2D eigenvalue weighted by Gasteiger charge is -2.20. The molecule has 0 atom stereocenters. The van der Waals surface area contributed by atoms with Crippen LogP contribution in [-0.2, 0) is 6.42 Å². The molecule has 0 radical (unpaired) electrons. The number of nitrogens with two attached hydrogens (primary N) is 1. The highest BCUT2D eigenvalue weighted by atomic mass is 16.5. The lowest BCUT2D eigenvalue weighted by molar-refractivity contribution is 0.104. The maximum absolute atomic E-state index is 13.2. The summed E-state index contributed by atoms with van der Waals surface area (Å²) in [5.41, 5.74) is 10.8. The van der Waals surface area contributed by atoms with Gasteiger partial charge in [-0.2, -0.15) is 0 Å². The highest BCUT2D eigenvalue weighted by Crippen LogP contribution is 2.50. The lowest BCUT2D eigenvalue weighted by Crippen LogP contribution is -2.28. The zero-order chi connectivity index (χ0) is 21.0. The van der Waals surface area contributed by atoms with Crippen LogP contribution in [0.4, 0.5) is 5.69 Å². The van der Waals surface area contributed by atoms with Crippen LogP contribution in [0.5, 0.6) is 11.5 Å². The van der Waals surface area contributed by atoms with E-state index in [0.717, 1.165) is 49.2 Å². The van der Waals surface area contributed by atoms with Crippen molar-refractivity contribution in [2.24, 2.45) is 0 Å². The number of ketones is 1. The minimum atomic E-state index is -0.0411. The fraction of sp³-hybridized carbons (Fsp3) is 0.458. The predicted molar refractivity (Wildman–Crippen MR) is 118 cm³/mol. The van der Waals surface area contributed by atoms with Crippen molar-refractivity contribution in [3.8, 4) is 22.6 Å². The van der Waals surface area contributed by atoms with Crippen LogP contribution in [-0.4, -0.2) is 43.5 Å².